The second-order valence-corrected chi connectivity index (χ2v) is 2.28. The van der Waals surface area contributed by atoms with Crippen LogP contribution in [0.1, 0.15) is 12.8 Å². The molecule has 1 aliphatic rings. The normalized spacial score (nSPS) is 20.1. The molecule has 0 spiro atoms. The lowest BCUT2D eigenvalue weighted by molar-refractivity contribution is 0.0988. The molecule has 0 bridgehead atoms. The summed E-state index contributed by atoms with van der Waals surface area (Å²) < 4.78 is 0. The summed E-state index contributed by atoms with van der Waals surface area (Å²) in [6, 6.07) is 0. The Labute approximate surface area is 55.2 Å². The fraction of sp³-hybridized carbons (Fsp3) is 0.833. The van der Waals surface area contributed by atoms with Crippen molar-refractivity contribution >= 4 is 6.41 Å². The maximum absolute atomic E-state index is 10.1. The van der Waals surface area contributed by atoms with Gasteiger partial charge in [-0.2, -0.15) is 0 Å². The van der Waals surface area contributed by atoms with Crippen molar-refractivity contribution in [2.45, 2.75) is 12.8 Å². The van der Waals surface area contributed by atoms with Gasteiger partial charge in [-0.25, -0.2) is 5.01 Å². The molecule has 3 heteroatoms. The molecule has 9 heavy (non-hydrogen) atoms. The highest BCUT2D eigenvalue weighted by Gasteiger charge is 2.14. The van der Waals surface area contributed by atoms with Gasteiger partial charge in [-0.05, 0) is 12.8 Å². The van der Waals surface area contributed by atoms with Crippen LogP contribution in [-0.4, -0.2) is 36.6 Å². The molecule has 0 atom stereocenters. The topological polar surface area (TPSA) is 23.6 Å². The zero-order chi connectivity index (χ0) is 6.69. The number of amides is 1. The van der Waals surface area contributed by atoms with Crippen molar-refractivity contribution in [2.24, 2.45) is 0 Å². The fourth-order valence-corrected chi connectivity index (χ4v) is 1.06. The Bertz CT molecular complexity index is 99.2. The number of hydrogen-bond acceptors (Lipinski definition) is 2. The number of hydrazine groups is 1. The van der Waals surface area contributed by atoms with Crippen molar-refractivity contribution in [1.29, 1.82) is 0 Å². The lowest BCUT2D eigenvalue weighted by Crippen LogP contribution is -2.36. The highest BCUT2D eigenvalue weighted by atomic mass is 16.1. The van der Waals surface area contributed by atoms with Crippen LogP contribution in [0.3, 0.4) is 0 Å². The second-order valence-electron chi connectivity index (χ2n) is 2.28. The minimum atomic E-state index is 1.01. The van der Waals surface area contributed by atoms with Crippen LogP contribution in [0.4, 0.5) is 0 Å². The largest absolute Gasteiger partial charge is 0.327 e. The summed E-state index contributed by atoms with van der Waals surface area (Å²) in [6.07, 6.45) is 4.22. The van der Waals surface area contributed by atoms with E-state index in [0.29, 0.717) is 0 Å². The van der Waals surface area contributed by atoms with E-state index in [2.05, 4.69) is 0 Å². The van der Waals surface area contributed by atoms with Crippen LogP contribution >= 0.6 is 0 Å². The maximum atomic E-state index is 10.1. The molecule has 1 radical (unpaired) electrons. The van der Waals surface area contributed by atoms with Gasteiger partial charge >= 0.3 is 6.41 Å². The van der Waals surface area contributed by atoms with Crippen LogP contribution in [0, 0.1) is 0 Å². The first-order valence-electron chi connectivity index (χ1n) is 3.21. The molecule has 0 aliphatic carbocycles. The van der Waals surface area contributed by atoms with Crippen LogP contribution in [0.25, 0.3) is 0 Å². The predicted molar refractivity (Wildman–Crippen MR) is 34.3 cm³/mol. The van der Waals surface area contributed by atoms with Crippen molar-refractivity contribution in [3.05, 3.63) is 0 Å². The fourth-order valence-electron chi connectivity index (χ4n) is 1.06. The number of rotatable bonds is 2. The smallest absolute Gasteiger partial charge is 0.270 e. The van der Waals surface area contributed by atoms with E-state index in [0.717, 1.165) is 13.1 Å². The van der Waals surface area contributed by atoms with Crippen LogP contribution in [0.5, 0.6) is 0 Å². The van der Waals surface area contributed by atoms with E-state index in [-0.39, 0.29) is 0 Å². The molecular formula is C6H11N2O. The Hall–Kier alpha value is -0.570. The minimum Gasteiger partial charge on any atom is -0.270 e. The van der Waals surface area contributed by atoms with Gasteiger partial charge in [0, 0.05) is 20.1 Å². The molecule has 1 aliphatic heterocycles. The zero-order valence-electron chi connectivity index (χ0n) is 5.63. The standard InChI is InChI=1S/C6H11N2O/c1-7(6-9)8-4-2-3-5-8/h2-5H2,1H3. The van der Waals surface area contributed by atoms with Gasteiger partial charge in [0.2, 0.25) is 0 Å². The number of nitrogens with zero attached hydrogens (tertiary/aromatic N) is 2. The van der Waals surface area contributed by atoms with Crippen LogP contribution in [-0.2, 0) is 4.79 Å². The van der Waals surface area contributed by atoms with E-state index in [1.807, 2.05) is 11.4 Å². The third-order valence-electron chi connectivity index (χ3n) is 1.64. The highest BCUT2D eigenvalue weighted by Crippen LogP contribution is 2.07. The molecule has 0 aromatic carbocycles. The summed E-state index contributed by atoms with van der Waals surface area (Å²) in [6.45, 7) is 2.01. The van der Waals surface area contributed by atoms with E-state index in [9.17, 15) is 4.79 Å². The molecule has 0 saturated carbocycles. The third-order valence-corrected chi connectivity index (χ3v) is 1.64. The molecule has 0 unspecified atom stereocenters. The zero-order valence-corrected chi connectivity index (χ0v) is 5.63. The van der Waals surface area contributed by atoms with Gasteiger partial charge in [0.15, 0.2) is 0 Å². The first-order valence-corrected chi connectivity index (χ1v) is 3.21. The maximum Gasteiger partial charge on any atom is 0.327 e. The van der Waals surface area contributed by atoms with E-state index in [1.54, 1.807) is 7.05 Å². The molecular weight excluding hydrogens is 116 g/mol. The van der Waals surface area contributed by atoms with Crippen molar-refractivity contribution in [3.8, 4) is 0 Å². The quantitative estimate of drug-likeness (QED) is 0.487. The van der Waals surface area contributed by atoms with Crippen LogP contribution in [0.2, 0.25) is 0 Å². The Kier molecular flexibility index (Phi) is 2.05. The third kappa shape index (κ3) is 1.42. The monoisotopic (exact) mass is 127 g/mol. The minimum absolute atomic E-state index is 1.01. The molecule has 0 aromatic heterocycles. The highest BCUT2D eigenvalue weighted by molar-refractivity contribution is 5.46. The molecule has 1 amide bonds. The van der Waals surface area contributed by atoms with Crippen LogP contribution < -0.4 is 0 Å². The van der Waals surface area contributed by atoms with Gasteiger partial charge in [0.05, 0.1) is 0 Å². The summed E-state index contributed by atoms with van der Waals surface area (Å²) in [5.74, 6) is 0. The van der Waals surface area contributed by atoms with Crippen molar-refractivity contribution in [3.63, 3.8) is 0 Å². The SMILES string of the molecule is CN([C]=O)N1CCCC1. The average Bonchev–Trinajstić information content (AvgIpc) is 2.37. The summed E-state index contributed by atoms with van der Waals surface area (Å²) in [4.78, 5) is 10.1. The molecule has 1 fully saturated rings. The molecule has 1 heterocycles. The molecule has 0 aromatic rings. The van der Waals surface area contributed by atoms with Gasteiger partial charge < -0.3 is 0 Å². The lowest BCUT2D eigenvalue weighted by Gasteiger charge is -2.21. The van der Waals surface area contributed by atoms with Gasteiger partial charge in [0.1, 0.15) is 0 Å². The van der Waals surface area contributed by atoms with Crippen molar-refractivity contribution in [1.82, 2.24) is 10.0 Å². The summed E-state index contributed by atoms with van der Waals surface area (Å²) >= 11 is 0. The Morgan fingerprint density at radius 3 is 2.44 bits per heavy atom. The number of hydrogen-bond donors (Lipinski definition) is 0. The average molecular weight is 127 g/mol. The molecule has 51 valence electrons. The molecule has 3 nitrogen and oxygen atoms in total. The van der Waals surface area contributed by atoms with Gasteiger partial charge in [-0.1, -0.05) is 0 Å². The van der Waals surface area contributed by atoms with E-state index < -0.39 is 0 Å². The first kappa shape index (κ1) is 6.55. The molecule has 0 N–H and O–H groups in total. The van der Waals surface area contributed by atoms with Gasteiger partial charge in [0.25, 0.3) is 0 Å². The first-order chi connectivity index (χ1) is 4.34. The van der Waals surface area contributed by atoms with E-state index in [1.165, 1.54) is 17.9 Å². The Morgan fingerprint density at radius 1 is 1.44 bits per heavy atom. The van der Waals surface area contributed by atoms with E-state index >= 15 is 0 Å². The molecule has 1 rings (SSSR count). The van der Waals surface area contributed by atoms with Crippen molar-refractivity contribution < 1.29 is 4.79 Å². The predicted octanol–water partition coefficient (Wildman–Crippen LogP) is -0.00380. The molecule has 1 saturated heterocycles. The number of carbonyl (C=O) groups excluding carboxylic acids is 1. The van der Waals surface area contributed by atoms with Crippen LogP contribution in [0.15, 0.2) is 0 Å². The summed E-state index contributed by atoms with van der Waals surface area (Å²) in [7, 11) is 1.73. The Balaban J connectivity index is 2.32. The summed E-state index contributed by atoms with van der Waals surface area (Å²) in [5, 5.41) is 3.49. The second kappa shape index (κ2) is 2.82. The summed E-state index contributed by atoms with van der Waals surface area (Å²) in [5.41, 5.74) is 0. The Morgan fingerprint density at radius 2 is 2.00 bits per heavy atom. The van der Waals surface area contributed by atoms with Crippen molar-refractivity contribution in [2.75, 3.05) is 20.1 Å². The van der Waals surface area contributed by atoms with E-state index in [4.69, 9.17) is 0 Å². The van der Waals surface area contributed by atoms with Gasteiger partial charge in [-0.15, -0.1) is 0 Å². The lowest BCUT2D eigenvalue weighted by atomic mass is 10.4. The van der Waals surface area contributed by atoms with Gasteiger partial charge in [-0.3, -0.25) is 9.80 Å².